The SMILES string of the molecule is Cc1cc(C(=O)C(C#N)c2ccccc2)co1. The summed E-state index contributed by atoms with van der Waals surface area (Å²) in [5, 5.41) is 9.12. The van der Waals surface area contributed by atoms with E-state index in [9.17, 15) is 4.79 Å². The van der Waals surface area contributed by atoms with Crippen LogP contribution < -0.4 is 0 Å². The predicted octanol–water partition coefficient (Wildman–Crippen LogP) is 3.08. The molecule has 1 heterocycles. The summed E-state index contributed by atoms with van der Waals surface area (Å²) >= 11 is 0. The Morgan fingerprint density at radius 1 is 1.35 bits per heavy atom. The minimum absolute atomic E-state index is 0.226. The molecule has 0 saturated carbocycles. The molecule has 0 aliphatic carbocycles. The third-order valence-electron chi connectivity index (χ3n) is 2.54. The number of hydrogen-bond acceptors (Lipinski definition) is 3. The highest BCUT2D eigenvalue weighted by atomic mass is 16.3. The molecule has 0 amide bonds. The van der Waals surface area contributed by atoms with Crippen LogP contribution in [-0.2, 0) is 0 Å². The fourth-order valence-electron chi connectivity index (χ4n) is 1.67. The molecule has 0 spiro atoms. The van der Waals surface area contributed by atoms with Gasteiger partial charge in [0.1, 0.15) is 17.9 Å². The molecule has 3 nitrogen and oxygen atoms in total. The summed E-state index contributed by atoms with van der Waals surface area (Å²) in [6, 6.07) is 12.7. The average Bonchev–Trinajstić information content (AvgIpc) is 2.78. The first-order chi connectivity index (χ1) is 8.22. The Morgan fingerprint density at radius 3 is 2.59 bits per heavy atom. The lowest BCUT2D eigenvalue weighted by molar-refractivity contribution is 0.0978. The van der Waals surface area contributed by atoms with Crippen LogP contribution in [0.15, 0.2) is 47.1 Å². The maximum absolute atomic E-state index is 12.1. The number of benzene rings is 1. The molecule has 0 bridgehead atoms. The number of rotatable bonds is 3. The van der Waals surface area contributed by atoms with Crippen molar-refractivity contribution >= 4 is 5.78 Å². The van der Waals surface area contributed by atoms with Crippen molar-refractivity contribution in [2.75, 3.05) is 0 Å². The van der Waals surface area contributed by atoms with Crippen molar-refractivity contribution in [2.24, 2.45) is 0 Å². The molecule has 0 radical (unpaired) electrons. The average molecular weight is 225 g/mol. The molecule has 0 aliphatic heterocycles. The van der Waals surface area contributed by atoms with Crippen LogP contribution in [0.3, 0.4) is 0 Å². The van der Waals surface area contributed by atoms with Gasteiger partial charge >= 0.3 is 0 Å². The lowest BCUT2D eigenvalue weighted by Gasteiger charge is -2.06. The van der Waals surface area contributed by atoms with Gasteiger partial charge in [-0.2, -0.15) is 5.26 Å². The number of hydrogen-bond donors (Lipinski definition) is 0. The van der Waals surface area contributed by atoms with Gasteiger partial charge in [0.05, 0.1) is 11.6 Å². The van der Waals surface area contributed by atoms with Gasteiger partial charge < -0.3 is 4.42 Å². The van der Waals surface area contributed by atoms with Gasteiger partial charge in [0.15, 0.2) is 5.78 Å². The molecule has 2 aromatic rings. The van der Waals surface area contributed by atoms with Crippen LogP contribution in [0.2, 0.25) is 0 Å². The zero-order valence-corrected chi connectivity index (χ0v) is 9.38. The highest BCUT2D eigenvalue weighted by molar-refractivity contribution is 6.02. The number of carbonyl (C=O) groups is 1. The minimum atomic E-state index is -0.770. The Morgan fingerprint density at radius 2 is 2.06 bits per heavy atom. The van der Waals surface area contributed by atoms with Gasteiger partial charge in [0.25, 0.3) is 0 Å². The molecule has 17 heavy (non-hydrogen) atoms. The van der Waals surface area contributed by atoms with E-state index in [0.717, 1.165) is 0 Å². The summed E-state index contributed by atoms with van der Waals surface area (Å²) in [5.74, 6) is -0.332. The van der Waals surface area contributed by atoms with E-state index in [-0.39, 0.29) is 5.78 Å². The van der Waals surface area contributed by atoms with Crippen LogP contribution in [0.1, 0.15) is 27.6 Å². The zero-order chi connectivity index (χ0) is 12.3. The summed E-state index contributed by atoms with van der Waals surface area (Å²) in [6.07, 6.45) is 1.39. The maximum Gasteiger partial charge on any atom is 0.187 e. The van der Waals surface area contributed by atoms with Gasteiger partial charge in [-0.25, -0.2) is 0 Å². The Bertz CT molecular complexity index is 563. The van der Waals surface area contributed by atoms with Crippen molar-refractivity contribution < 1.29 is 9.21 Å². The van der Waals surface area contributed by atoms with Gasteiger partial charge in [-0.1, -0.05) is 30.3 Å². The number of nitriles is 1. The Hall–Kier alpha value is -2.34. The summed E-state index contributed by atoms with van der Waals surface area (Å²) in [7, 11) is 0. The van der Waals surface area contributed by atoms with Crippen molar-refractivity contribution in [3.63, 3.8) is 0 Å². The van der Waals surface area contributed by atoms with E-state index < -0.39 is 5.92 Å². The normalized spacial score (nSPS) is 11.8. The molecule has 3 heteroatoms. The third kappa shape index (κ3) is 2.26. The number of nitrogens with zero attached hydrogens (tertiary/aromatic N) is 1. The number of ketones is 1. The van der Waals surface area contributed by atoms with Gasteiger partial charge in [0, 0.05) is 0 Å². The largest absolute Gasteiger partial charge is 0.469 e. The summed E-state index contributed by atoms with van der Waals surface area (Å²) in [6.45, 7) is 1.76. The molecule has 84 valence electrons. The smallest absolute Gasteiger partial charge is 0.187 e. The van der Waals surface area contributed by atoms with E-state index in [1.54, 1.807) is 25.1 Å². The highest BCUT2D eigenvalue weighted by Gasteiger charge is 2.22. The van der Waals surface area contributed by atoms with Crippen LogP contribution in [0, 0.1) is 18.3 Å². The Kier molecular flexibility index (Phi) is 3.06. The molecular formula is C14H11NO2. The van der Waals surface area contributed by atoms with Crippen molar-refractivity contribution in [2.45, 2.75) is 12.8 Å². The Labute approximate surface area is 99.3 Å². The van der Waals surface area contributed by atoms with Crippen LogP contribution in [0.5, 0.6) is 0 Å². The van der Waals surface area contributed by atoms with E-state index in [4.69, 9.17) is 9.68 Å². The van der Waals surface area contributed by atoms with E-state index in [2.05, 4.69) is 0 Å². The predicted molar refractivity (Wildman–Crippen MR) is 62.6 cm³/mol. The van der Waals surface area contributed by atoms with Gasteiger partial charge in [-0.05, 0) is 18.6 Å². The lowest BCUT2D eigenvalue weighted by atomic mass is 9.93. The topological polar surface area (TPSA) is 54.0 Å². The maximum atomic E-state index is 12.1. The first-order valence-corrected chi connectivity index (χ1v) is 5.26. The van der Waals surface area contributed by atoms with Crippen LogP contribution >= 0.6 is 0 Å². The van der Waals surface area contributed by atoms with Crippen molar-refractivity contribution in [3.8, 4) is 6.07 Å². The fourth-order valence-corrected chi connectivity index (χ4v) is 1.67. The van der Waals surface area contributed by atoms with Crippen molar-refractivity contribution in [1.82, 2.24) is 0 Å². The second-order valence-corrected chi connectivity index (χ2v) is 3.78. The minimum Gasteiger partial charge on any atom is -0.469 e. The van der Waals surface area contributed by atoms with Gasteiger partial charge in [-0.3, -0.25) is 4.79 Å². The van der Waals surface area contributed by atoms with Crippen LogP contribution in [0.4, 0.5) is 0 Å². The summed E-state index contributed by atoms with van der Waals surface area (Å²) in [5.41, 5.74) is 1.15. The lowest BCUT2D eigenvalue weighted by Crippen LogP contribution is -2.10. The molecule has 0 aliphatic rings. The second-order valence-electron chi connectivity index (χ2n) is 3.78. The van der Waals surface area contributed by atoms with Crippen molar-refractivity contribution in [1.29, 1.82) is 5.26 Å². The van der Waals surface area contributed by atoms with Crippen molar-refractivity contribution in [3.05, 3.63) is 59.5 Å². The molecule has 0 fully saturated rings. The van der Waals surface area contributed by atoms with Crippen LogP contribution in [0.25, 0.3) is 0 Å². The Balaban J connectivity index is 2.32. The molecule has 0 saturated heterocycles. The number of Topliss-reactive ketones (excluding diaryl/α,β-unsaturated/α-hetero) is 1. The molecule has 2 rings (SSSR count). The molecule has 1 unspecified atom stereocenters. The quantitative estimate of drug-likeness (QED) is 0.754. The summed E-state index contributed by atoms with van der Waals surface area (Å²) in [4.78, 5) is 12.1. The molecule has 0 N–H and O–H groups in total. The molecule has 1 atom stereocenters. The van der Waals surface area contributed by atoms with Gasteiger partial charge in [0.2, 0.25) is 0 Å². The number of aryl methyl sites for hydroxylation is 1. The van der Waals surface area contributed by atoms with E-state index in [1.807, 2.05) is 24.3 Å². The second kappa shape index (κ2) is 4.67. The standard InChI is InChI=1S/C14H11NO2/c1-10-7-12(9-17-10)14(16)13(8-15)11-5-3-2-4-6-11/h2-7,9,13H,1H3. The summed E-state index contributed by atoms with van der Waals surface area (Å²) < 4.78 is 5.09. The first kappa shape index (κ1) is 11.2. The van der Waals surface area contributed by atoms with E-state index in [1.165, 1.54) is 6.26 Å². The molecule has 1 aromatic heterocycles. The third-order valence-corrected chi connectivity index (χ3v) is 2.54. The van der Waals surface area contributed by atoms with E-state index in [0.29, 0.717) is 16.9 Å². The first-order valence-electron chi connectivity index (χ1n) is 5.26. The number of furan rings is 1. The molecular weight excluding hydrogens is 214 g/mol. The fraction of sp³-hybridized carbons (Fsp3) is 0.143. The molecule has 1 aromatic carbocycles. The monoisotopic (exact) mass is 225 g/mol. The van der Waals surface area contributed by atoms with Crippen LogP contribution in [-0.4, -0.2) is 5.78 Å². The van der Waals surface area contributed by atoms with E-state index >= 15 is 0 Å². The van der Waals surface area contributed by atoms with Gasteiger partial charge in [-0.15, -0.1) is 0 Å². The number of carbonyl (C=O) groups excluding carboxylic acids is 1. The highest BCUT2D eigenvalue weighted by Crippen LogP contribution is 2.21. The zero-order valence-electron chi connectivity index (χ0n) is 9.38.